The Kier molecular flexibility index (Phi) is 3.37. The number of aromatic nitrogens is 1. The summed E-state index contributed by atoms with van der Waals surface area (Å²) >= 11 is 0. The van der Waals surface area contributed by atoms with E-state index in [1.165, 1.54) is 30.5 Å². The summed E-state index contributed by atoms with van der Waals surface area (Å²) in [6.45, 7) is 5.60. The summed E-state index contributed by atoms with van der Waals surface area (Å²) in [5.74, 6) is 0.618. The van der Waals surface area contributed by atoms with Crippen molar-refractivity contribution in [2.75, 3.05) is 6.54 Å². The lowest BCUT2D eigenvalue weighted by atomic mass is 9.98. The zero-order valence-electron chi connectivity index (χ0n) is 9.66. The van der Waals surface area contributed by atoms with Crippen molar-refractivity contribution in [3.8, 4) is 0 Å². The Balaban J connectivity index is 2.06. The van der Waals surface area contributed by atoms with Crippen molar-refractivity contribution in [3.63, 3.8) is 0 Å². The van der Waals surface area contributed by atoms with E-state index in [-0.39, 0.29) is 0 Å². The van der Waals surface area contributed by atoms with E-state index in [9.17, 15) is 0 Å². The molecule has 2 unspecified atom stereocenters. The minimum absolute atomic E-state index is 0.557. The van der Waals surface area contributed by atoms with Gasteiger partial charge < -0.3 is 5.32 Å². The van der Waals surface area contributed by atoms with Crippen LogP contribution < -0.4 is 5.32 Å². The van der Waals surface area contributed by atoms with Gasteiger partial charge in [-0.05, 0) is 44.4 Å². The van der Waals surface area contributed by atoms with E-state index >= 15 is 0 Å². The molecule has 1 aromatic rings. The normalized spacial score (nSPS) is 21.3. The fourth-order valence-corrected chi connectivity index (χ4v) is 2.44. The highest BCUT2D eigenvalue weighted by Crippen LogP contribution is 2.33. The van der Waals surface area contributed by atoms with Crippen LogP contribution >= 0.6 is 0 Å². The lowest BCUT2D eigenvalue weighted by molar-refractivity contribution is 0.452. The molecule has 0 aromatic carbocycles. The second-order valence-corrected chi connectivity index (χ2v) is 4.44. The molecule has 15 heavy (non-hydrogen) atoms. The Morgan fingerprint density at radius 2 is 2.47 bits per heavy atom. The van der Waals surface area contributed by atoms with Gasteiger partial charge in [0.1, 0.15) is 0 Å². The van der Waals surface area contributed by atoms with Crippen LogP contribution in [-0.4, -0.2) is 17.6 Å². The van der Waals surface area contributed by atoms with E-state index in [0.29, 0.717) is 12.0 Å². The smallest absolute Gasteiger partial charge is 0.0481 e. The summed E-state index contributed by atoms with van der Waals surface area (Å²) in [6, 6.07) is 4.82. The van der Waals surface area contributed by atoms with Crippen molar-refractivity contribution in [2.24, 2.45) is 0 Å². The quantitative estimate of drug-likeness (QED) is 0.815. The molecule has 0 saturated carbocycles. The average molecular weight is 204 g/mol. The Hall–Kier alpha value is -0.890. The van der Waals surface area contributed by atoms with Gasteiger partial charge in [-0.25, -0.2) is 0 Å². The van der Waals surface area contributed by atoms with Gasteiger partial charge >= 0.3 is 0 Å². The van der Waals surface area contributed by atoms with E-state index in [1.54, 1.807) is 0 Å². The highest BCUT2D eigenvalue weighted by molar-refractivity contribution is 5.29. The van der Waals surface area contributed by atoms with Crippen LogP contribution in [0.1, 0.15) is 43.9 Å². The van der Waals surface area contributed by atoms with Gasteiger partial charge in [0.15, 0.2) is 0 Å². The third kappa shape index (κ3) is 2.20. The molecule has 0 bridgehead atoms. The van der Waals surface area contributed by atoms with Crippen LogP contribution in [0.3, 0.4) is 0 Å². The van der Waals surface area contributed by atoms with Crippen LogP contribution in [0.5, 0.6) is 0 Å². The topological polar surface area (TPSA) is 24.9 Å². The fourth-order valence-electron chi connectivity index (χ4n) is 2.44. The van der Waals surface area contributed by atoms with Crippen LogP contribution in [0.4, 0.5) is 0 Å². The SMILES string of the molecule is CCCNC(C)C1CCc2cccnc21. The Bertz CT molecular complexity index is 322. The molecule has 1 N–H and O–H groups in total. The fraction of sp³-hybridized carbons (Fsp3) is 0.615. The molecule has 1 aliphatic carbocycles. The van der Waals surface area contributed by atoms with Crippen LogP contribution in [0.25, 0.3) is 0 Å². The van der Waals surface area contributed by atoms with E-state index in [0.717, 1.165) is 6.54 Å². The van der Waals surface area contributed by atoms with Crippen molar-refractivity contribution in [1.29, 1.82) is 0 Å². The molecule has 82 valence electrons. The Morgan fingerprint density at radius 3 is 3.27 bits per heavy atom. The third-order valence-electron chi connectivity index (χ3n) is 3.32. The molecule has 1 aliphatic rings. The number of rotatable bonds is 4. The first-order chi connectivity index (χ1) is 7.33. The third-order valence-corrected chi connectivity index (χ3v) is 3.32. The molecule has 2 nitrogen and oxygen atoms in total. The van der Waals surface area contributed by atoms with Gasteiger partial charge in [-0.15, -0.1) is 0 Å². The Morgan fingerprint density at radius 1 is 1.60 bits per heavy atom. The molecule has 2 atom stereocenters. The predicted molar refractivity (Wildman–Crippen MR) is 63.1 cm³/mol. The summed E-state index contributed by atoms with van der Waals surface area (Å²) in [5, 5.41) is 3.58. The van der Waals surface area contributed by atoms with Crippen molar-refractivity contribution >= 4 is 0 Å². The second-order valence-electron chi connectivity index (χ2n) is 4.44. The molecule has 1 aromatic heterocycles. The molecule has 0 radical (unpaired) electrons. The minimum atomic E-state index is 0.557. The number of nitrogens with zero attached hydrogens (tertiary/aromatic N) is 1. The molecular formula is C13H20N2. The van der Waals surface area contributed by atoms with Crippen molar-refractivity contribution in [1.82, 2.24) is 10.3 Å². The van der Waals surface area contributed by atoms with Crippen LogP contribution in [0.2, 0.25) is 0 Å². The molecule has 0 saturated heterocycles. The highest BCUT2D eigenvalue weighted by Gasteiger charge is 2.27. The summed E-state index contributed by atoms with van der Waals surface area (Å²) < 4.78 is 0. The number of hydrogen-bond acceptors (Lipinski definition) is 2. The first-order valence-corrected chi connectivity index (χ1v) is 6.00. The van der Waals surface area contributed by atoms with Crippen LogP contribution in [-0.2, 0) is 6.42 Å². The summed E-state index contributed by atoms with van der Waals surface area (Å²) in [4.78, 5) is 4.53. The molecule has 0 aliphatic heterocycles. The molecule has 0 fully saturated rings. The number of aryl methyl sites for hydroxylation is 1. The van der Waals surface area contributed by atoms with Gasteiger partial charge in [-0.1, -0.05) is 13.0 Å². The van der Waals surface area contributed by atoms with E-state index in [4.69, 9.17) is 0 Å². The monoisotopic (exact) mass is 204 g/mol. The lowest BCUT2D eigenvalue weighted by Gasteiger charge is -2.20. The predicted octanol–water partition coefficient (Wildman–Crippen LogP) is 2.50. The van der Waals surface area contributed by atoms with Gasteiger partial charge in [0.2, 0.25) is 0 Å². The largest absolute Gasteiger partial charge is 0.314 e. The molecule has 0 amide bonds. The van der Waals surface area contributed by atoms with Crippen molar-refractivity contribution in [2.45, 2.75) is 45.1 Å². The maximum atomic E-state index is 4.53. The van der Waals surface area contributed by atoms with Crippen molar-refractivity contribution < 1.29 is 0 Å². The van der Waals surface area contributed by atoms with E-state index in [2.05, 4.69) is 30.2 Å². The first kappa shape index (κ1) is 10.6. The number of hydrogen-bond donors (Lipinski definition) is 1. The first-order valence-electron chi connectivity index (χ1n) is 6.00. The second kappa shape index (κ2) is 4.75. The van der Waals surface area contributed by atoms with E-state index in [1.807, 2.05) is 12.3 Å². The van der Waals surface area contributed by atoms with Crippen LogP contribution in [0, 0.1) is 0 Å². The van der Waals surface area contributed by atoms with Gasteiger partial charge in [0.25, 0.3) is 0 Å². The van der Waals surface area contributed by atoms with Gasteiger partial charge in [0, 0.05) is 23.9 Å². The maximum Gasteiger partial charge on any atom is 0.0481 e. The minimum Gasteiger partial charge on any atom is -0.314 e. The molecular weight excluding hydrogens is 184 g/mol. The average Bonchev–Trinajstić information content (AvgIpc) is 2.69. The maximum absolute atomic E-state index is 4.53. The number of fused-ring (bicyclic) bond motifs is 1. The molecule has 0 spiro atoms. The summed E-state index contributed by atoms with van der Waals surface area (Å²) in [5.41, 5.74) is 2.78. The zero-order chi connectivity index (χ0) is 10.7. The standard InChI is InChI=1S/C13H20N2/c1-3-8-14-10(2)12-7-6-11-5-4-9-15-13(11)12/h4-5,9-10,12,14H,3,6-8H2,1-2H3. The van der Waals surface area contributed by atoms with Gasteiger partial charge in [-0.3, -0.25) is 4.98 Å². The zero-order valence-corrected chi connectivity index (χ0v) is 9.66. The van der Waals surface area contributed by atoms with Gasteiger partial charge in [-0.2, -0.15) is 0 Å². The van der Waals surface area contributed by atoms with E-state index < -0.39 is 0 Å². The highest BCUT2D eigenvalue weighted by atomic mass is 14.9. The molecule has 2 heteroatoms. The number of nitrogens with one attached hydrogen (secondary N) is 1. The summed E-state index contributed by atoms with van der Waals surface area (Å²) in [7, 11) is 0. The Labute approximate surface area is 92.1 Å². The van der Waals surface area contributed by atoms with Crippen molar-refractivity contribution in [3.05, 3.63) is 29.6 Å². The van der Waals surface area contributed by atoms with Crippen LogP contribution in [0.15, 0.2) is 18.3 Å². The number of pyridine rings is 1. The lowest BCUT2D eigenvalue weighted by Crippen LogP contribution is -2.32. The summed E-state index contributed by atoms with van der Waals surface area (Å²) in [6.07, 6.45) is 5.58. The molecule has 1 heterocycles. The van der Waals surface area contributed by atoms with Gasteiger partial charge in [0.05, 0.1) is 0 Å². The molecule has 2 rings (SSSR count).